The van der Waals surface area contributed by atoms with Gasteiger partial charge in [-0.15, -0.1) is 0 Å². The number of aryl methyl sites for hydroxylation is 2. The minimum absolute atomic E-state index is 0.155. The van der Waals surface area contributed by atoms with Crippen molar-refractivity contribution < 1.29 is 19.1 Å². The number of alkyl carbamates (subject to hydrolysis) is 1. The van der Waals surface area contributed by atoms with Gasteiger partial charge in [0.25, 0.3) is 0 Å². The first-order valence-electron chi connectivity index (χ1n) is 13.9. The molecule has 1 rings (SSSR count). The lowest BCUT2D eigenvalue weighted by Gasteiger charge is -2.40. The van der Waals surface area contributed by atoms with Gasteiger partial charge in [-0.05, 0) is 77.0 Å². The van der Waals surface area contributed by atoms with Gasteiger partial charge < -0.3 is 20.3 Å². The van der Waals surface area contributed by atoms with E-state index in [-0.39, 0.29) is 23.8 Å². The second kappa shape index (κ2) is 15.0. The summed E-state index contributed by atoms with van der Waals surface area (Å²) in [6.07, 6.45) is 3.67. The first-order chi connectivity index (χ1) is 17.3. The van der Waals surface area contributed by atoms with E-state index in [1.165, 1.54) is 0 Å². The molecule has 1 aromatic rings. The summed E-state index contributed by atoms with van der Waals surface area (Å²) >= 11 is 0. The average molecular weight is 518 g/mol. The molecule has 0 fully saturated rings. The van der Waals surface area contributed by atoms with Crippen LogP contribution in [0.25, 0.3) is 0 Å². The number of hydrogen-bond acceptors (Lipinski definition) is 4. The Labute approximate surface area is 225 Å². The molecule has 7 nitrogen and oxygen atoms in total. The number of nitrogens with zero attached hydrogens (tertiary/aromatic N) is 1. The smallest absolute Gasteiger partial charge is 0.408 e. The molecule has 37 heavy (non-hydrogen) atoms. The maximum atomic E-state index is 14.3. The van der Waals surface area contributed by atoms with Crippen LogP contribution in [0.4, 0.5) is 4.79 Å². The van der Waals surface area contributed by atoms with E-state index >= 15 is 0 Å². The van der Waals surface area contributed by atoms with Crippen molar-refractivity contribution in [3.63, 3.8) is 0 Å². The fraction of sp³-hybridized carbons (Fsp3) is 0.700. The third-order valence-electron chi connectivity index (χ3n) is 6.89. The Bertz CT molecular complexity index is 873. The van der Waals surface area contributed by atoms with E-state index in [1.807, 2.05) is 59.7 Å². The predicted octanol–water partition coefficient (Wildman–Crippen LogP) is 6.22. The Hall–Kier alpha value is -2.57. The fourth-order valence-corrected chi connectivity index (χ4v) is 4.41. The van der Waals surface area contributed by atoms with Crippen LogP contribution in [0.1, 0.15) is 110 Å². The average Bonchev–Trinajstić information content (AvgIpc) is 2.82. The highest BCUT2D eigenvalue weighted by Gasteiger charge is 2.40. The third-order valence-corrected chi connectivity index (χ3v) is 6.89. The van der Waals surface area contributed by atoms with Crippen molar-refractivity contribution in [3.05, 3.63) is 34.9 Å². The van der Waals surface area contributed by atoms with Crippen LogP contribution in [0.3, 0.4) is 0 Å². The molecule has 0 aliphatic heterocycles. The first-order valence-corrected chi connectivity index (χ1v) is 13.9. The van der Waals surface area contributed by atoms with Crippen LogP contribution in [0.15, 0.2) is 18.2 Å². The predicted molar refractivity (Wildman–Crippen MR) is 150 cm³/mol. The van der Waals surface area contributed by atoms with Crippen LogP contribution in [0, 0.1) is 19.8 Å². The zero-order valence-electron chi connectivity index (χ0n) is 24.9. The highest BCUT2D eigenvalue weighted by molar-refractivity contribution is 5.93. The number of carbonyl (C=O) groups is 3. The van der Waals surface area contributed by atoms with E-state index in [4.69, 9.17) is 4.74 Å². The Kier molecular flexibility index (Phi) is 13.2. The van der Waals surface area contributed by atoms with Gasteiger partial charge in [0.15, 0.2) is 0 Å². The maximum Gasteiger partial charge on any atom is 0.408 e. The van der Waals surface area contributed by atoms with Crippen molar-refractivity contribution in [1.29, 1.82) is 0 Å². The summed E-state index contributed by atoms with van der Waals surface area (Å²) in [5.74, 6) is -0.619. The molecule has 4 unspecified atom stereocenters. The molecule has 0 heterocycles. The summed E-state index contributed by atoms with van der Waals surface area (Å²) in [6, 6.07) is 4.05. The van der Waals surface area contributed by atoms with Crippen LogP contribution < -0.4 is 10.6 Å². The molecular weight excluding hydrogens is 466 g/mol. The number of amides is 3. The molecule has 0 radical (unpaired) electrons. The number of nitrogens with one attached hydrogen (secondary N) is 2. The molecular formula is C30H51N3O4. The lowest BCUT2D eigenvalue weighted by molar-refractivity contribution is -0.146. The molecule has 1 aromatic carbocycles. The van der Waals surface area contributed by atoms with E-state index in [9.17, 15) is 14.4 Å². The number of benzene rings is 1. The van der Waals surface area contributed by atoms with Gasteiger partial charge in [-0.3, -0.25) is 9.59 Å². The van der Waals surface area contributed by atoms with Crippen LogP contribution in [-0.2, 0) is 14.3 Å². The Morgan fingerprint density at radius 3 is 2.05 bits per heavy atom. The van der Waals surface area contributed by atoms with Gasteiger partial charge in [0.1, 0.15) is 17.7 Å². The van der Waals surface area contributed by atoms with Gasteiger partial charge in [0.05, 0.1) is 0 Å². The Morgan fingerprint density at radius 1 is 0.973 bits per heavy atom. The number of hydrogen-bond donors (Lipinski definition) is 2. The van der Waals surface area contributed by atoms with E-state index in [2.05, 4.69) is 17.6 Å². The largest absolute Gasteiger partial charge is 0.444 e. The van der Waals surface area contributed by atoms with Crippen molar-refractivity contribution in [2.75, 3.05) is 6.54 Å². The molecule has 4 atom stereocenters. The minimum Gasteiger partial charge on any atom is -0.444 e. The van der Waals surface area contributed by atoms with E-state index < -0.39 is 23.8 Å². The summed E-state index contributed by atoms with van der Waals surface area (Å²) in [5.41, 5.74) is 2.05. The molecule has 0 bridgehead atoms. The van der Waals surface area contributed by atoms with Gasteiger partial charge in [0, 0.05) is 12.6 Å². The normalized spacial score (nSPS) is 14.8. The summed E-state index contributed by atoms with van der Waals surface area (Å²) in [7, 11) is 0. The number of ether oxygens (including phenoxy) is 1. The molecule has 210 valence electrons. The van der Waals surface area contributed by atoms with E-state index in [0.717, 1.165) is 36.0 Å². The SMILES string of the molecule is CCCCCNC(=O)C(c1c(C)cccc1C)N(C(=O)C(NC(=O)OC(C)(C)C)C(C)CC)C(C)CC. The summed E-state index contributed by atoms with van der Waals surface area (Å²) in [4.78, 5) is 42.6. The molecule has 0 aliphatic carbocycles. The molecule has 0 aliphatic rings. The minimum atomic E-state index is -0.825. The molecule has 2 N–H and O–H groups in total. The molecule has 0 saturated carbocycles. The number of rotatable bonds is 13. The molecule has 0 aromatic heterocycles. The van der Waals surface area contributed by atoms with Crippen molar-refractivity contribution >= 4 is 17.9 Å². The zero-order chi connectivity index (χ0) is 28.3. The molecule has 3 amide bonds. The van der Waals surface area contributed by atoms with Gasteiger partial charge >= 0.3 is 6.09 Å². The summed E-state index contributed by atoms with van der Waals surface area (Å²) in [6.45, 7) is 19.9. The van der Waals surface area contributed by atoms with Crippen molar-refractivity contribution in [3.8, 4) is 0 Å². The lowest BCUT2D eigenvalue weighted by Crippen LogP contribution is -2.57. The van der Waals surface area contributed by atoms with Crippen LogP contribution >= 0.6 is 0 Å². The topological polar surface area (TPSA) is 87.7 Å². The van der Waals surface area contributed by atoms with Crippen molar-refractivity contribution in [1.82, 2.24) is 15.5 Å². The van der Waals surface area contributed by atoms with Crippen molar-refractivity contribution in [2.45, 2.75) is 125 Å². The molecule has 0 spiro atoms. The quantitative estimate of drug-likeness (QED) is 0.304. The molecule has 0 saturated heterocycles. The maximum absolute atomic E-state index is 14.3. The van der Waals surface area contributed by atoms with Gasteiger partial charge in [0.2, 0.25) is 11.8 Å². The Balaban J connectivity index is 3.59. The summed E-state index contributed by atoms with van der Waals surface area (Å²) < 4.78 is 5.49. The van der Waals surface area contributed by atoms with Gasteiger partial charge in [-0.2, -0.15) is 0 Å². The monoisotopic (exact) mass is 517 g/mol. The van der Waals surface area contributed by atoms with E-state index in [0.29, 0.717) is 19.4 Å². The highest BCUT2D eigenvalue weighted by Crippen LogP contribution is 2.32. The Morgan fingerprint density at radius 2 is 1.57 bits per heavy atom. The highest BCUT2D eigenvalue weighted by atomic mass is 16.6. The first kappa shape index (κ1) is 32.5. The van der Waals surface area contributed by atoms with Gasteiger partial charge in [-0.1, -0.05) is 65.2 Å². The number of unbranched alkanes of at least 4 members (excludes halogenated alkanes) is 2. The standard InChI is InChI=1S/C30H51N3O4/c1-11-14-15-19-31-27(34)26(24-21(5)17-16-18-22(24)6)33(23(7)13-3)28(35)25(20(4)12-2)32-29(36)37-30(8,9)10/h16-18,20,23,25-26H,11-15,19H2,1-10H3,(H,31,34)(H,32,36). The second-order valence-electron chi connectivity index (χ2n) is 11.2. The van der Waals surface area contributed by atoms with Gasteiger partial charge in [-0.25, -0.2) is 4.79 Å². The molecule has 7 heteroatoms. The summed E-state index contributed by atoms with van der Waals surface area (Å²) in [5, 5.41) is 5.93. The second-order valence-corrected chi connectivity index (χ2v) is 11.2. The van der Waals surface area contributed by atoms with E-state index in [1.54, 1.807) is 25.7 Å². The van der Waals surface area contributed by atoms with Crippen LogP contribution in [-0.4, -0.2) is 47.0 Å². The zero-order valence-corrected chi connectivity index (χ0v) is 24.9. The third kappa shape index (κ3) is 9.67. The van der Waals surface area contributed by atoms with Crippen molar-refractivity contribution in [2.24, 2.45) is 5.92 Å². The van der Waals surface area contributed by atoms with Crippen LogP contribution in [0.5, 0.6) is 0 Å². The lowest BCUT2D eigenvalue weighted by atomic mass is 9.90. The number of carbonyl (C=O) groups excluding carboxylic acids is 3. The van der Waals surface area contributed by atoms with Crippen LogP contribution in [0.2, 0.25) is 0 Å². The fourth-order valence-electron chi connectivity index (χ4n) is 4.41.